The Hall–Kier alpha value is -1.20. The molecule has 1 aromatic rings. The Bertz CT molecular complexity index is 557. The number of carbonyl (C=O) groups excluding carboxylic acids is 1. The molecular weight excluding hydrogens is 342 g/mol. The minimum atomic E-state index is 0.396. The lowest BCUT2D eigenvalue weighted by Gasteiger charge is -2.30. The SMILES string of the molecule is CC(C)SN[C@H]1CC[C@H](CNc2ccc(N3CCC(=O)CC3)cc2)CC1. The fourth-order valence-electron chi connectivity index (χ4n) is 3.78. The molecular formula is C21H33N3OS. The molecule has 2 aliphatic rings. The van der Waals surface area contributed by atoms with E-state index in [1.807, 2.05) is 11.9 Å². The zero-order valence-electron chi connectivity index (χ0n) is 16.2. The molecule has 0 atom stereocenters. The van der Waals surface area contributed by atoms with Crippen molar-refractivity contribution in [3.8, 4) is 0 Å². The molecule has 1 saturated carbocycles. The first-order valence-corrected chi connectivity index (χ1v) is 11.0. The summed E-state index contributed by atoms with van der Waals surface area (Å²) in [5, 5.41) is 4.27. The predicted octanol–water partition coefficient (Wildman–Crippen LogP) is 4.47. The van der Waals surface area contributed by atoms with Crippen LogP contribution >= 0.6 is 11.9 Å². The molecule has 1 heterocycles. The van der Waals surface area contributed by atoms with E-state index in [0.29, 0.717) is 29.9 Å². The van der Waals surface area contributed by atoms with Crippen LogP contribution in [0.15, 0.2) is 24.3 Å². The molecule has 0 spiro atoms. The van der Waals surface area contributed by atoms with Crippen molar-refractivity contribution >= 4 is 29.1 Å². The van der Waals surface area contributed by atoms with Crippen molar-refractivity contribution in [3.05, 3.63) is 24.3 Å². The van der Waals surface area contributed by atoms with E-state index in [0.717, 1.165) is 25.6 Å². The second kappa shape index (κ2) is 9.65. The zero-order chi connectivity index (χ0) is 18.4. The van der Waals surface area contributed by atoms with E-state index >= 15 is 0 Å². The summed E-state index contributed by atoms with van der Waals surface area (Å²) < 4.78 is 3.63. The van der Waals surface area contributed by atoms with E-state index in [2.05, 4.69) is 53.1 Å². The van der Waals surface area contributed by atoms with Crippen LogP contribution in [0.25, 0.3) is 0 Å². The average molecular weight is 376 g/mol. The molecule has 144 valence electrons. The van der Waals surface area contributed by atoms with E-state index in [1.165, 1.54) is 37.1 Å². The van der Waals surface area contributed by atoms with Crippen LogP contribution in [0.4, 0.5) is 11.4 Å². The Kier molecular flexibility index (Phi) is 7.26. The maximum absolute atomic E-state index is 11.4. The lowest BCUT2D eigenvalue weighted by molar-refractivity contribution is -0.119. The van der Waals surface area contributed by atoms with Gasteiger partial charge in [0.2, 0.25) is 0 Å². The molecule has 1 aromatic carbocycles. The highest BCUT2D eigenvalue weighted by atomic mass is 32.2. The van der Waals surface area contributed by atoms with Crippen molar-refractivity contribution in [1.29, 1.82) is 0 Å². The van der Waals surface area contributed by atoms with E-state index in [-0.39, 0.29) is 0 Å². The molecule has 1 saturated heterocycles. The third-order valence-corrected chi connectivity index (χ3v) is 6.41. The van der Waals surface area contributed by atoms with E-state index < -0.39 is 0 Å². The number of piperidine rings is 1. The van der Waals surface area contributed by atoms with Crippen molar-refractivity contribution < 1.29 is 4.79 Å². The summed E-state index contributed by atoms with van der Waals surface area (Å²) in [6, 6.07) is 9.41. The van der Waals surface area contributed by atoms with Crippen molar-refractivity contribution in [2.45, 2.75) is 63.7 Å². The van der Waals surface area contributed by atoms with Gasteiger partial charge in [-0.15, -0.1) is 0 Å². The number of benzene rings is 1. The number of Topliss-reactive ketones (excluding diaryl/α,β-unsaturated/α-hetero) is 1. The van der Waals surface area contributed by atoms with Gasteiger partial charge in [-0.2, -0.15) is 0 Å². The fourth-order valence-corrected chi connectivity index (χ4v) is 4.48. The van der Waals surface area contributed by atoms with Crippen molar-refractivity contribution in [2.24, 2.45) is 5.92 Å². The van der Waals surface area contributed by atoms with Gasteiger partial charge in [0.15, 0.2) is 0 Å². The number of rotatable bonds is 7. The summed E-state index contributed by atoms with van der Waals surface area (Å²) >= 11 is 1.87. The van der Waals surface area contributed by atoms with Crippen molar-refractivity contribution in [1.82, 2.24) is 4.72 Å². The standard InChI is InChI=1S/C21H33N3OS/c1-16(2)26-23-19-5-3-17(4-6-19)15-22-18-7-9-20(10-8-18)24-13-11-21(25)12-14-24/h7-10,16-17,19,22-23H,3-6,11-15H2,1-2H3/t17-,19-. The summed E-state index contributed by atoms with van der Waals surface area (Å²) in [6.07, 6.45) is 6.57. The molecule has 0 radical (unpaired) electrons. The number of hydrogen-bond acceptors (Lipinski definition) is 5. The first-order valence-electron chi connectivity index (χ1n) is 10.1. The highest BCUT2D eigenvalue weighted by Gasteiger charge is 2.21. The van der Waals surface area contributed by atoms with Crippen LogP contribution in [0, 0.1) is 5.92 Å². The third-order valence-electron chi connectivity index (χ3n) is 5.47. The highest BCUT2D eigenvalue weighted by Crippen LogP contribution is 2.27. The van der Waals surface area contributed by atoms with Crippen LogP contribution in [0.2, 0.25) is 0 Å². The Balaban J connectivity index is 1.38. The maximum atomic E-state index is 11.4. The minimum absolute atomic E-state index is 0.396. The van der Waals surface area contributed by atoms with E-state index in [4.69, 9.17) is 0 Å². The lowest BCUT2D eigenvalue weighted by Crippen LogP contribution is -2.33. The maximum Gasteiger partial charge on any atom is 0.136 e. The monoisotopic (exact) mass is 375 g/mol. The van der Waals surface area contributed by atoms with Gasteiger partial charge in [0.1, 0.15) is 5.78 Å². The van der Waals surface area contributed by atoms with Crippen LogP contribution in [-0.2, 0) is 4.79 Å². The number of anilines is 2. The number of hydrogen-bond donors (Lipinski definition) is 2. The Labute approximate surface area is 162 Å². The van der Waals surface area contributed by atoms with Gasteiger partial charge in [-0.1, -0.05) is 25.8 Å². The molecule has 0 aromatic heterocycles. The van der Waals surface area contributed by atoms with Crippen molar-refractivity contribution in [3.63, 3.8) is 0 Å². The number of carbonyl (C=O) groups is 1. The molecule has 1 aliphatic carbocycles. The average Bonchev–Trinajstić information content (AvgIpc) is 2.66. The summed E-state index contributed by atoms with van der Waals surface area (Å²) in [7, 11) is 0. The van der Waals surface area contributed by atoms with Crippen LogP contribution < -0.4 is 14.9 Å². The molecule has 2 fully saturated rings. The molecule has 26 heavy (non-hydrogen) atoms. The van der Waals surface area contributed by atoms with Gasteiger partial charge in [-0.3, -0.25) is 9.52 Å². The number of nitrogens with one attached hydrogen (secondary N) is 2. The Morgan fingerprint density at radius 1 is 1.08 bits per heavy atom. The van der Waals surface area contributed by atoms with Gasteiger partial charge in [0, 0.05) is 55.1 Å². The Morgan fingerprint density at radius 2 is 1.73 bits per heavy atom. The molecule has 5 heteroatoms. The quantitative estimate of drug-likeness (QED) is 0.688. The zero-order valence-corrected chi connectivity index (χ0v) is 17.0. The number of nitrogens with zero attached hydrogens (tertiary/aromatic N) is 1. The molecule has 1 aliphatic heterocycles. The second-order valence-electron chi connectivity index (χ2n) is 7.96. The van der Waals surface area contributed by atoms with Crippen LogP contribution in [0.3, 0.4) is 0 Å². The summed E-state index contributed by atoms with van der Waals surface area (Å²) in [5.74, 6) is 1.18. The Morgan fingerprint density at radius 3 is 2.35 bits per heavy atom. The summed E-state index contributed by atoms with van der Waals surface area (Å²) in [5.41, 5.74) is 2.44. The van der Waals surface area contributed by atoms with Crippen LogP contribution in [0.1, 0.15) is 52.4 Å². The summed E-state index contributed by atoms with van der Waals surface area (Å²) in [6.45, 7) is 7.27. The van der Waals surface area contributed by atoms with E-state index in [1.54, 1.807) is 0 Å². The highest BCUT2D eigenvalue weighted by molar-refractivity contribution is 7.98. The number of ketones is 1. The van der Waals surface area contributed by atoms with Gasteiger partial charge >= 0.3 is 0 Å². The lowest BCUT2D eigenvalue weighted by atomic mass is 9.86. The first-order chi connectivity index (χ1) is 12.6. The predicted molar refractivity (Wildman–Crippen MR) is 113 cm³/mol. The van der Waals surface area contributed by atoms with Gasteiger partial charge in [-0.05, 0) is 55.9 Å². The third kappa shape index (κ3) is 5.92. The molecule has 0 unspecified atom stereocenters. The van der Waals surface area contributed by atoms with Gasteiger partial charge in [-0.25, -0.2) is 0 Å². The summed E-state index contributed by atoms with van der Waals surface area (Å²) in [4.78, 5) is 13.7. The smallest absolute Gasteiger partial charge is 0.136 e. The van der Waals surface area contributed by atoms with Crippen molar-refractivity contribution in [2.75, 3.05) is 29.9 Å². The van der Waals surface area contributed by atoms with E-state index in [9.17, 15) is 4.79 Å². The van der Waals surface area contributed by atoms with Gasteiger partial charge in [0.05, 0.1) is 0 Å². The largest absolute Gasteiger partial charge is 0.385 e. The fraction of sp³-hybridized carbons (Fsp3) is 0.667. The molecule has 2 N–H and O–H groups in total. The van der Waals surface area contributed by atoms with Crippen LogP contribution in [0.5, 0.6) is 0 Å². The van der Waals surface area contributed by atoms with Gasteiger partial charge in [0.25, 0.3) is 0 Å². The molecule has 0 amide bonds. The first kappa shape index (κ1) is 19.6. The second-order valence-corrected chi connectivity index (χ2v) is 9.37. The normalized spacial score (nSPS) is 24.1. The minimum Gasteiger partial charge on any atom is -0.385 e. The van der Waals surface area contributed by atoms with Gasteiger partial charge < -0.3 is 10.2 Å². The topological polar surface area (TPSA) is 44.4 Å². The molecule has 4 nitrogen and oxygen atoms in total. The van der Waals surface area contributed by atoms with Crippen LogP contribution in [-0.4, -0.2) is 36.7 Å². The molecule has 3 rings (SSSR count). The molecule has 0 bridgehead atoms.